The Labute approximate surface area is 141 Å². The lowest BCUT2D eigenvalue weighted by atomic mass is 9.98. The first-order valence-corrected chi connectivity index (χ1v) is 8.07. The molecule has 1 amide bonds. The lowest BCUT2D eigenvalue weighted by Gasteiger charge is -2.15. The number of nitroso groups, excluding NO2 is 1. The molecule has 0 saturated carbocycles. The molecule has 1 aromatic heterocycles. The Balaban J connectivity index is 2.47. The second kappa shape index (κ2) is 8.17. The van der Waals surface area contributed by atoms with Crippen molar-refractivity contribution in [3.05, 3.63) is 39.9 Å². The Bertz CT molecular complexity index is 734. The summed E-state index contributed by atoms with van der Waals surface area (Å²) in [7, 11) is 1.62. The van der Waals surface area contributed by atoms with Gasteiger partial charge in [-0.2, -0.15) is 0 Å². The van der Waals surface area contributed by atoms with E-state index in [1.54, 1.807) is 13.2 Å². The molecule has 2 aromatic rings. The van der Waals surface area contributed by atoms with Gasteiger partial charge in [0.15, 0.2) is 0 Å². The molecule has 1 aromatic carbocycles. The smallest absolute Gasteiger partial charge is 0.333 e. The minimum Gasteiger partial charge on any atom is -0.382 e. The second-order valence-corrected chi connectivity index (χ2v) is 6.13. The maximum atomic E-state index is 11.9. The topological polar surface area (TPSA) is 69.9 Å². The normalized spacial score (nSPS) is 11.4. The monoisotopic (exact) mass is 332 g/mol. The number of hydrogen-bond acceptors (Lipinski definition) is 4. The minimum absolute atomic E-state index is 0.294. The van der Waals surface area contributed by atoms with Crippen LogP contribution >= 0.6 is 0 Å². The second-order valence-electron chi connectivity index (χ2n) is 6.13. The molecular weight excluding hydrogens is 308 g/mol. The molecular formula is C18H24N2O4. The fourth-order valence-electron chi connectivity index (χ4n) is 2.90. The van der Waals surface area contributed by atoms with Gasteiger partial charge in [-0.05, 0) is 30.5 Å². The zero-order valence-electron chi connectivity index (χ0n) is 14.7. The Morgan fingerprint density at radius 2 is 1.96 bits per heavy atom. The van der Waals surface area contributed by atoms with Crippen LogP contribution in [0.25, 0.3) is 10.9 Å². The van der Waals surface area contributed by atoms with Crippen molar-refractivity contribution >= 4 is 16.8 Å². The highest BCUT2D eigenvalue weighted by Crippen LogP contribution is 2.30. The Kier molecular flexibility index (Phi) is 6.23. The van der Waals surface area contributed by atoms with Gasteiger partial charge in [0, 0.05) is 24.2 Å². The molecule has 6 nitrogen and oxygen atoms in total. The first kappa shape index (κ1) is 18.3. The summed E-state index contributed by atoms with van der Waals surface area (Å²) >= 11 is 0. The van der Waals surface area contributed by atoms with E-state index in [0.717, 1.165) is 22.0 Å². The third-order valence-corrected chi connectivity index (χ3v) is 3.98. The molecule has 0 aliphatic heterocycles. The molecule has 0 unspecified atom stereocenters. The standard InChI is InChI=1S/C18H24N2O4/c1-12(2)15-10-13(3)9-14-11-16(18(21)19-22)20(17(14)15)5-6-24-8-7-23-4/h9-12H,5-8H2,1-4H3. The van der Waals surface area contributed by atoms with E-state index in [1.165, 1.54) is 0 Å². The van der Waals surface area contributed by atoms with Crippen molar-refractivity contribution in [1.29, 1.82) is 0 Å². The fourth-order valence-corrected chi connectivity index (χ4v) is 2.90. The zero-order valence-corrected chi connectivity index (χ0v) is 14.7. The first-order valence-electron chi connectivity index (χ1n) is 8.07. The summed E-state index contributed by atoms with van der Waals surface area (Å²) in [4.78, 5) is 22.7. The lowest BCUT2D eigenvalue weighted by molar-refractivity contribution is 0.0665. The van der Waals surface area contributed by atoms with Gasteiger partial charge in [0.05, 0.1) is 25.3 Å². The summed E-state index contributed by atoms with van der Waals surface area (Å²) in [5, 5.41) is 3.55. The van der Waals surface area contributed by atoms with Gasteiger partial charge in [0.2, 0.25) is 0 Å². The van der Waals surface area contributed by atoms with Crippen LogP contribution in [0.5, 0.6) is 0 Å². The maximum absolute atomic E-state index is 11.9. The molecule has 24 heavy (non-hydrogen) atoms. The van der Waals surface area contributed by atoms with Crippen molar-refractivity contribution in [2.45, 2.75) is 33.2 Å². The molecule has 130 valence electrons. The van der Waals surface area contributed by atoms with Crippen LogP contribution in [0.4, 0.5) is 0 Å². The van der Waals surface area contributed by atoms with E-state index in [2.05, 4.69) is 25.1 Å². The number of rotatable bonds is 8. The average Bonchev–Trinajstić information content (AvgIpc) is 2.91. The molecule has 6 heteroatoms. The molecule has 0 bridgehead atoms. The predicted molar refractivity (Wildman–Crippen MR) is 93.6 cm³/mol. The van der Waals surface area contributed by atoms with Crippen LogP contribution in [-0.2, 0) is 16.0 Å². The lowest BCUT2D eigenvalue weighted by Crippen LogP contribution is -2.14. The van der Waals surface area contributed by atoms with Crippen molar-refractivity contribution in [2.75, 3.05) is 26.9 Å². The number of benzene rings is 1. The number of nitrogens with zero attached hydrogens (tertiary/aromatic N) is 2. The summed E-state index contributed by atoms with van der Waals surface area (Å²) in [6.45, 7) is 8.16. The summed E-state index contributed by atoms with van der Waals surface area (Å²) in [6, 6.07) is 5.88. The number of aryl methyl sites for hydroxylation is 1. The van der Waals surface area contributed by atoms with Gasteiger partial charge < -0.3 is 14.0 Å². The average molecular weight is 332 g/mol. The van der Waals surface area contributed by atoms with E-state index in [-0.39, 0.29) is 0 Å². The molecule has 0 fully saturated rings. The highest BCUT2D eigenvalue weighted by molar-refractivity contribution is 6.00. The molecule has 0 atom stereocenters. The Morgan fingerprint density at radius 1 is 1.21 bits per heavy atom. The number of hydrogen-bond donors (Lipinski definition) is 0. The molecule has 0 saturated heterocycles. The van der Waals surface area contributed by atoms with E-state index in [4.69, 9.17) is 9.47 Å². The summed E-state index contributed by atoms with van der Waals surface area (Å²) < 4.78 is 12.3. The van der Waals surface area contributed by atoms with Gasteiger partial charge in [0.25, 0.3) is 0 Å². The number of carbonyl (C=O) groups excluding carboxylic acids is 1. The Morgan fingerprint density at radius 3 is 2.58 bits per heavy atom. The molecule has 1 heterocycles. The van der Waals surface area contributed by atoms with Gasteiger partial charge in [0.1, 0.15) is 5.69 Å². The van der Waals surface area contributed by atoms with Gasteiger partial charge in [-0.1, -0.05) is 25.5 Å². The molecule has 0 radical (unpaired) electrons. The van der Waals surface area contributed by atoms with Crippen LogP contribution in [0.15, 0.2) is 23.4 Å². The number of fused-ring (bicyclic) bond motifs is 1. The predicted octanol–water partition coefficient (Wildman–Crippen LogP) is 3.64. The van der Waals surface area contributed by atoms with Gasteiger partial charge in [-0.3, -0.25) is 4.79 Å². The van der Waals surface area contributed by atoms with Crippen LogP contribution in [0, 0.1) is 11.8 Å². The van der Waals surface area contributed by atoms with Crippen molar-refractivity contribution < 1.29 is 14.3 Å². The summed E-state index contributed by atoms with van der Waals surface area (Å²) in [6.07, 6.45) is 0. The van der Waals surface area contributed by atoms with Gasteiger partial charge in [-0.15, -0.1) is 4.91 Å². The molecule has 0 aliphatic rings. The maximum Gasteiger partial charge on any atom is 0.333 e. The van der Waals surface area contributed by atoms with Crippen LogP contribution in [0.2, 0.25) is 0 Å². The van der Waals surface area contributed by atoms with E-state index >= 15 is 0 Å². The third-order valence-electron chi connectivity index (χ3n) is 3.98. The van der Waals surface area contributed by atoms with E-state index < -0.39 is 5.91 Å². The van der Waals surface area contributed by atoms with Gasteiger partial charge >= 0.3 is 5.91 Å². The van der Waals surface area contributed by atoms with E-state index in [1.807, 2.05) is 17.6 Å². The van der Waals surface area contributed by atoms with Crippen LogP contribution in [-0.4, -0.2) is 37.4 Å². The highest BCUT2D eigenvalue weighted by atomic mass is 16.5. The third kappa shape index (κ3) is 3.88. The van der Waals surface area contributed by atoms with Crippen molar-refractivity contribution in [2.24, 2.45) is 5.18 Å². The van der Waals surface area contributed by atoms with E-state index in [0.29, 0.717) is 38.0 Å². The molecule has 0 N–H and O–H groups in total. The largest absolute Gasteiger partial charge is 0.382 e. The number of aromatic nitrogens is 1. The summed E-state index contributed by atoms with van der Waals surface area (Å²) in [5.41, 5.74) is 3.55. The number of ether oxygens (including phenoxy) is 2. The fraction of sp³-hybridized carbons (Fsp3) is 0.500. The first-order chi connectivity index (χ1) is 11.5. The van der Waals surface area contributed by atoms with Crippen LogP contribution in [0.3, 0.4) is 0 Å². The number of methoxy groups -OCH3 is 1. The minimum atomic E-state index is -0.754. The SMILES string of the molecule is COCCOCCn1c(C(=O)N=O)cc2cc(C)cc(C(C)C)c21. The van der Waals surface area contributed by atoms with Crippen LogP contribution < -0.4 is 0 Å². The van der Waals surface area contributed by atoms with Crippen molar-refractivity contribution in [1.82, 2.24) is 4.57 Å². The van der Waals surface area contributed by atoms with E-state index in [9.17, 15) is 9.70 Å². The Hall–Kier alpha value is -2.05. The van der Waals surface area contributed by atoms with Gasteiger partial charge in [-0.25, -0.2) is 0 Å². The number of amides is 1. The van der Waals surface area contributed by atoms with Crippen molar-refractivity contribution in [3.8, 4) is 0 Å². The van der Waals surface area contributed by atoms with Crippen LogP contribution in [0.1, 0.15) is 41.4 Å². The molecule has 0 aliphatic carbocycles. The highest BCUT2D eigenvalue weighted by Gasteiger charge is 2.19. The zero-order chi connectivity index (χ0) is 17.7. The number of carbonyl (C=O) groups is 1. The quantitative estimate of drug-likeness (QED) is 0.546. The summed E-state index contributed by atoms with van der Waals surface area (Å²) in [5.74, 6) is -0.460. The molecule has 0 spiro atoms. The molecule has 2 rings (SSSR count). The van der Waals surface area contributed by atoms with Crippen molar-refractivity contribution in [3.63, 3.8) is 0 Å².